The number of anilines is 1. The van der Waals surface area contributed by atoms with Gasteiger partial charge in [-0.1, -0.05) is 23.7 Å². The second-order valence-corrected chi connectivity index (χ2v) is 5.66. The van der Waals surface area contributed by atoms with Gasteiger partial charge in [-0.15, -0.1) is 0 Å². The van der Waals surface area contributed by atoms with Crippen LogP contribution in [0, 0.1) is 13.8 Å². The number of benzene rings is 2. The van der Waals surface area contributed by atoms with Crippen molar-refractivity contribution in [1.29, 1.82) is 0 Å². The zero-order valence-electron chi connectivity index (χ0n) is 12.7. The highest BCUT2D eigenvalue weighted by Crippen LogP contribution is 2.18. The van der Waals surface area contributed by atoms with Crippen LogP contribution in [-0.4, -0.2) is 11.7 Å². The van der Waals surface area contributed by atoms with E-state index in [1.165, 1.54) is 0 Å². The molecule has 0 bridgehead atoms. The molecule has 0 fully saturated rings. The maximum Gasteiger partial charge on any atom is 0.224 e. The van der Waals surface area contributed by atoms with Gasteiger partial charge in [0.05, 0.1) is 0 Å². The van der Waals surface area contributed by atoms with Crippen LogP contribution in [0.5, 0.6) is 0 Å². The van der Waals surface area contributed by atoms with Gasteiger partial charge in [-0.25, -0.2) is 0 Å². The molecule has 0 radical (unpaired) electrons. The molecular formula is C18H18ClNO2. The maximum absolute atomic E-state index is 12.0. The second-order valence-electron chi connectivity index (χ2n) is 5.23. The molecule has 3 nitrogen and oxygen atoms in total. The van der Waals surface area contributed by atoms with Crippen molar-refractivity contribution in [1.82, 2.24) is 0 Å². The van der Waals surface area contributed by atoms with Crippen LogP contribution < -0.4 is 5.32 Å². The Balaban J connectivity index is 1.91. The summed E-state index contributed by atoms with van der Waals surface area (Å²) in [5.41, 5.74) is 3.53. The first-order valence-electron chi connectivity index (χ1n) is 7.12. The minimum atomic E-state index is -0.156. The first-order valence-corrected chi connectivity index (χ1v) is 7.50. The fourth-order valence-electron chi connectivity index (χ4n) is 2.11. The first-order chi connectivity index (χ1) is 10.5. The molecule has 2 rings (SSSR count). The molecule has 0 aliphatic rings. The lowest BCUT2D eigenvalue weighted by molar-refractivity contribution is -0.116. The summed E-state index contributed by atoms with van der Waals surface area (Å²) in [5.74, 6) is -0.219. The Bertz CT molecular complexity index is 693. The van der Waals surface area contributed by atoms with Gasteiger partial charge in [0.15, 0.2) is 5.78 Å². The van der Waals surface area contributed by atoms with Crippen molar-refractivity contribution in [2.45, 2.75) is 26.7 Å². The Hall–Kier alpha value is -2.13. The summed E-state index contributed by atoms with van der Waals surface area (Å²) >= 11 is 5.79. The summed E-state index contributed by atoms with van der Waals surface area (Å²) in [4.78, 5) is 24.0. The van der Waals surface area contributed by atoms with Crippen LogP contribution in [0.1, 0.15) is 34.3 Å². The topological polar surface area (TPSA) is 46.2 Å². The number of carbonyl (C=O) groups excluding carboxylic acids is 2. The van der Waals surface area contributed by atoms with Crippen molar-refractivity contribution in [3.8, 4) is 0 Å². The molecule has 2 aromatic rings. The van der Waals surface area contributed by atoms with E-state index in [9.17, 15) is 9.59 Å². The van der Waals surface area contributed by atoms with E-state index in [1.807, 2.05) is 32.0 Å². The van der Waals surface area contributed by atoms with Crippen molar-refractivity contribution < 1.29 is 9.59 Å². The summed E-state index contributed by atoms with van der Waals surface area (Å²) in [7, 11) is 0. The van der Waals surface area contributed by atoms with Gasteiger partial charge < -0.3 is 5.32 Å². The number of carbonyl (C=O) groups is 2. The van der Waals surface area contributed by atoms with Gasteiger partial charge in [0.1, 0.15) is 0 Å². The molecule has 0 saturated heterocycles. The number of aryl methyl sites for hydroxylation is 1. The van der Waals surface area contributed by atoms with Gasteiger partial charge in [0, 0.05) is 29.1 Å². The summed E-state index contributed by atoms with van der Waals surface area (Å²) in [5, 5.41) is 3.44. The van der Waals surface area contributed by atoms with Crippen molar-refractivity contribution in [2.75, 3.05) is 5.32 Å². The second kappa shape index (κ2) is 7.23. The standard InChI is InChI=1S/C18H18ClNO2/c1-12-4-3-5-16(13(12)2)20-18(22)11-10-17(21)14-6-8-15(19)9-7-14/h3-9H,10-11H2,1-2H3,(H,20,22). The van der Waals surface area contributed by atoms with E-state index in [4.69, 9.17) is 11.6 Å². The van der Waals surface area contributed by atoms with Crippen molar-refractivity contribution in [3.63, 3.8) is 0 Å². The number of nitrogens with one attached hydrogen (secondary N) is 1. The highest BCUT2D eigenvalue weighted by Gasteiger charge is 2.10. The predicted octanol–water partition coefficient (Wildman–Crippen LogP) is 4.56. The quantitative estimate of drug-likeness (QED) is 0.822. The molecule has 1 amide bonds. The minimum absolute atomic E-state index is 0.0622. The molecule has 0 saturated carbocycles. The predicted molar refractivity (Wildman–Crippen MR) is 89.6 cm³/mol. The molecule has 0 aliphatic carbocycles. The van der Waals surface area contributed by atoms with Gasteiger partial charge in [-0.05, 0) is 55.3 Å². The van der Waals surface area contributed by atoms with Crippen LogP contribution in [-0.2, 0) is 4.79 Å². The number of amides is 1. The number of ketones is 1. The van der Waals surface area contributed by atoms with Crippen LogP contribution >= 0.6 is 11.6 Å². The van der Waals surface area contributed by atoms with Crippen molar-refractivity contribution >= 4 is 29.0 Å². The normalized spacial score (nSPS) is 10.3. The van der Waals surface area contributed by atoms with Crippen molar-refractivity contribution in [2.24, 2.45) is 0 Å². The Morgan fingerprint density at radius 2 is 1.68 bits per heavy atom. The number of Topliss-reactive ketones (excluding diaryl/α,β-unsaturated/α-hetero) is 1. The maximum atomic E-state index is 12.0. The monoisotopic (exact) mass is 315 g/mol. The number of hydrogen-bond donors (Lipinski definition) is 1. The van der Waals surface area contributed by atoms with Crippen LogP contribution in [0.25, 0.3) is 0 Å². The number of rotatable bonds is 5. The SMILES string of the molecule is Cc1cccc(NC(=O)CCC(=O)c2ccc(Cl)cc2)c1C. The van der Waals surface area contributed by atoms with Crippen molar-refractivity contribution in [3.05, 3.63) is 64.2 Å². The Morgan fingerprint density at radius 1 is 1.00 bits per heavy atom. The third-order valence-electron chi connectivity index (χ3n) is 3.62. The zero-order valence-corrected chi connectivity index (χ0v) is 13.4. The highest BCUT2D eigenvalue weighted by atomic mass is 35.5. The molecule has 0 spiro atoms. The lowest BCUT2D eigenvalue weighted by Crippen LogP contribution is -2.14. The van der Waals surface area contributed by atoms with Gasteiger partial charge >= 0.3 is 0 Å². The third-order valence-corrected chi connectivity index (χ3v) is 3.88. The number of halogens is 1. The zero-order chi connectivity index (χ0) is 16.1. The molecule has 0 aromatic heterocycles. The number of hydrogen-bond acceptors (Lipinski definition) is 2. The van der Waals surface area contributed by atoms with Gasteiger partial charge in [0.25, 0.3) is 0 Å². The molecule has 0 heterocycles. The molecular weight excluding hydrogens is 298 g/mol. The Morgan fingerprint density at radius 3 is 2.36 bits per heavy atom. The van der Waals surface area contributed by atoms with E-state index in [-0.39, 0.29) is 24.5 Å². The van der Waals surface area contributed by atoms with Crippen LogP contribution in [0.4, 0.5) is 5.69 Å². The van der Waals surface area contributed by atoms with Crippen LogP contribution in [0.15, 0.2) is 42.5 Å². The van der Waals surface area contributed by atoms with Gasteiger partial charge in [-0.2, -0.15) is 0 Å². The Kier molecular flexibility index (Phi) is 5.34. The largest absolute Gasteiger partial charge is 0.326 e. The van der Waals surface area contributed by atoms with Crippen LogP contribution in [0.2, 0.25) is 5.02 Å². The van der Waals surface area contributed by atoms with E-state index >= 15 is 0 Å². The molecule has 0 unspecified atom stereocenters. The summed E-state index contributed by atoms with van der Waals surface area (Å²) in [6, 6.07) is 12.4. The molecule has 2 aromatic carbocycles. The molecule has 1 N–H and O–H groups in total. The fraction of sp³-hybridized carbons (Fsp3) is 0.222. The molecule has 22 heavy (non-hydrogen) atoms. The van der Waals surface area contributed by atoms with E-state index < -0.39 is 0 Å². The van der Waals surface area contributed by atoms with E-state index in [2.05, 4.69) is 5.32 Å². The van der Waals surface area contributed by atoms with E-state index in [1.54, 1.807) is 24.3 Å². The average Bonchev–Trinajstić information content (AvgIpc) is 2.50. The molecule has 114 valence electrons. The van der Waals surface area contributed by atoms with E-state index in [0.717, 1.165) is 16.8 Å². The molecule has 0 aliphatic heterocycles. The fourth-order valence-corrected chi connectivity index (χ4v) is 2.23. The summed E-state index contributed by atoms with van der Waals surface area (Å²) in [6.07, 6.45) is 0.340. The van der Waals surface area contributed by atoms with Gasteiger partial charge in [0.2, 0.25) is 5.91 Å². The van der Waals surface area contributed by atoms with E-state index in [0.29, 0.717) is 10.6 Å². The average molecular weight is 316 g/mol. The first kappa shape index (κ1) is 16.2. The Labute approximate surface area is 135 Å². The third kappa shape index (κ3) is 4.18. The summed E-state index contributed by atoms with van der Waals surface area (Å²) in [6.45, 7) is 3.96. The smallest absolute Gasteiger partial charge is 0.224 e. The summed E-state index contributed by atoms with van der Waals surface area (Å²) < 4.78 is 0. The van der Waals surface area contributed by atoms with Gasteiger partial charge in [-0.3, -0.25) is 9.59 Å². The molecule has 4 heteroatoms. The molecule has 0 atom stereocenters. The lowest BCUT2D eigenvalue weighted by atomic mass is 10.1. The lowest BCUT2D eigenvalue weighted by Gasteiger charge is -2.10. The highest BCUT2D eigenvalue weighted by molar-refractivity contribution is 6.30. The minimum Gasteiger partial charge on any atom is -0.326 e. The van der Waals surface area contributed by atoms with Crippen LogP contribution in [0.3, 0.4) is 0 Å².